The Labute approximate surface area is 270 Å². The predicted octanol–water partition coefficient (Wildman–Crippen LogP) is 4.93. The van der Waals surface area contributed by atoms with E-state index in [1.807, 2.05) is 0 Å². The van der Waals surface area contributed by atoms with Crippen molar-refractivity contribution in [1.29, 1.82) is 0 Å². The Kier molecular flexibility index (Phi) is 9.55. The molecule has 1 aromatic heterocycles. The van der Waals surface area contributed by atoms with Gasteiger partial charge in [-0.1, -0.05) is 23.4 Å². The molecule has 0 radical (unpaired) electrons. The summed E-state index contributed by atoms with van der Waals surface area (Å²) in [6.07, 6.45) is -8.64. The lowest BCUT2D eigenvalue weighted by atomic mass is 9.73. The zero-order valence-corrected chi connectivity index (χ0v) is 26.6. The van der Waals surface area contributed by atoms with E-state index in [1.54, 1.807) is 27.7 Å². The maximum atomic E-state index is 14.4. The largest absolute Gasteiger partial charge is 0.416 e. The normalized spacial score (nSPS) is 27.8. The van der Waals surface area contributed by atoms with Gasteiger partial charge in [-0.05, 0) is 51.5 Å². The molecule has 258 valence electrons. The second-order valence-corrected chi connectivity index (χ2v) is 14.4. The Balaban J connectivity index is 1.56. The molecule has 0 amide bonds. The molecular weight excluding hydrogens is 656 g/mol. The van der Waals surface area contributed by atoms with Crippen LogP contribution in [0.1, 0.15) is 63.0 Å². The molecule has 2 aliphatic heterocycles. The first-order valence-corrected chi connectivity index (χ1v) is 15.6. The maximum absolute atomic E-state index is 14.4. The van der Waals surface area contributed by atoms with Crippen molar-refractivity contribution in [3.05, 3.63) is 71.2 Å². The number of ether oxygens (including phenoxy) is 2. The zero-order valence-electron chi connectivity index (χ0n) is 25.7. The molecule has 2 aliphatic rings. The van der Waals surface area contributed by atoms with Crippen molar-refractivity contribution < 1.29 is 56.2 Å². The number of aromatic nitrogens is 3. The molecule has 9 nitrogen and oxygen atoms in total. The van der Waals surface area contributed by atoms with E-state index in [1.165, 1.54) is 18.2 Å². The number of aliphatic hydroxyl groups is 4. The molecule has 0 aliphatic carbocycles. The van der Waals surface area contributed by atoms with Gasteiger partial charge in [0.05, 0.1) is 40.4 Å². The highest BCUT2D eigenvalue weighted by molar-refractivity contribution is 8.00. The average molecular weight is 692 g/mol. The molecule has 0 bridgehead atoms. The first kappa shape index (κ1) is 35.6. The molecule has 47 heavy (non-hydrogen) atoms. The molecule has 0 saturated carbocycles. The van der Waals surface area contributed by atoms with E-state index in [0.29, 0.717) is 23.9 Å². The van der Waals surface area contributed by atoms with Crippen LogP contribution in [0.2, 0.25) is 0 Å². The van der Waals surface area contributed by atoms with Crippen LogP contribution in [0.4, 0.5) is 26.3 Å². The Hall–Kier alpha value is -2.73. The number of thioether (sulfide) groups is 1. The smallest absolute Gasteiger partial charge is 0.394 e. The second kappa shape index (κ2) is 12.6. The van der Waals surface area contributed by atoms with Gasteiger partial charge < -0.3 is 29.9 Å². The summed E-state index contributed by atoms with van der Waals surface area (Å²) in [6.45, 7) is 6.05. The quantitative estimate of drug-likeness (QED) is 0.201. The summed E-state index contributed by atoms with van der Waals surface area (Å²) < 4.78 is 97.4. The molecule has 0 spiro atoms. The van der Waals surface area contributed by atoms with Crippen LogP contribution in [-0.2, 0) is 15.7 Å². The van der Waals surface area contributed by atoms with Gasteiger partial charge in [-0.2, -0.15) is 13.2 Å². The monoisotopic (exact) mass is 691 g/mol. The van der Waals surface area contributed by atoms with Crippen molar-refractivity contribution >= 4 is 11.8 Å². The van der Waals surface area contributed by atoms with Gasteiger partial charge in [0, 0.05) is 18.4 Å². The number of aliphatic hydroxyl groups excluding tert-OH is 3. The predicted molar refractivity (Wildman–Crippen MR) is 157 cm³/mol. The fourth-order valence-electron chi connectivity index (χ4n) is 6.90. The number of hydrogen-bond donors (Lipinski definition) is 4. The first-order valence-electron chi connectivity index (χ1n) is 14.7. The van der Waals surface area contributed by atoms with E-state index in [0.717, 1.165) is 16.9 Å². The summed E-state index contributed by atoms with van der Waals surface area (Å²) >= 11 is 0.690. The summed E-state index contributed by atoms with van der Waals surface area (Å²) in [7, 11) is 0. The Bertz CT molecular complexity index is 1560. The third kappa shape index (κ3) is 7.19. The molecule has 3 heterocycles. The van der Waals surface area contributed by atoms with E-state index < -0.39 is 87.6 Å². The van der Waals surface area contributed by atoms with E-state index in [2.05, 4.69) is 10.3 Å². The van der Waals surface area contributed by atoms with Gasteiger partial charge in [0.25, 0.3) is 0 Å². The number of alkyl halides is 3. The summed E-state index contributed by atoms with van der Waals surface area (Å²) in [5.41, 5.74) is -6.90. The third-order valence-electron chi connectivity index (χ3n) is 8.27. The van der Waals surface area contributed by atoms with Gasteiger partial charge in [0.15, 0.2) is 17.5 Å². The van der Waals surface area contributed by atoms with Crippen molar-refractivity contribution in [2.75, 3.05) is 6.61 Å². The van der Waals surface area contributed by atoms with Crippen LogP contribution >= 0.6 is 11.8 Å². The van der Waals surface area contributed by atoms with E-state index in [9.17, 15) is 46.8 Å². The van der Waals surface area contributed by atoms with Gasteiger partial charge >= 0.3 is 6.18 Å². The van der Waals surface area contributed by atoms with Gasteiger partial charge in [0.2, 0.25) is 0 Å². The molecule has 6 atom stereocenters. The molecule has 16 heteroatoms. The lowest BCUT2D eigenvalue weighted by molar-refractivity contribution is -0.220. The van der Waals surface area contributed by atoms with Gasteiger partial charge in [-0.15, -0.1) is 16.9 Å². The van der Waals surface area contributed by atoms with E-state index in [-0.39, 0.29) is 29.7 Å². The highest BCUT2D eigenvalue weighted by atomic mass is 32.2. The Morgan fingerprint density at radius 3 is 2.17 bits per heavy atom. The first-order chi connectivity index (χ1) is 21.7. The summed E-state index contributed by atoms with van der Waals surface area (Å²) in [6, 6.07) is 4.67. The Morgan fingerprint density at radius 2 is 1.60 bits per heavy atom. The second-order valence-electron chi connectivity index (χ2n) is 13.2. The standard InChI is InChI=1S/C31H35F6N3O6S/c1-28(2)13-30(44,14-29(3,4)46-28)26(16-7-5-6-8-17(16)31(35,36)37)47-27-25(43)23(24(42)21(12-41)45-27)40-11-20(38-39-40)15-9-18(32)22(34)19(33)10-15/h5-11,21,23-27,41-44H,12-14H2,1-4H3/t21-,23+,24+,25-,26+,27+/m1/s1. The van der Waals surface area contributed by atoms with E-state index in [4.69, 9.17) is 9.47 Å². The van der Waals surface area contributed by atoms with Gasteiger partial charge in [-0.25, -0.2) is 17.9 Å². The molecule has 4 N–H and O–H groups in total. The SMILES string of the molecule is CC1(C)CC(O)([C@@H](S[C@@H]2O[C@H](CO)[C@H](O)[C@H](n3cc(-c4cc(F)c(F)c(F)c4)nn3)[C@H]2O)c2ccccc2C(F)(F)F)CC(C)(C)O1. The molecule has 5 rings (SSSR count). The van der Waals surface area contributed by atoms with Gasteiger partial charge in [0.1, 0.15) is 35.5 Å². The van der Waals surface area contributed by atoms with Crippen LogP contribution in [-0.4, -0.2) is 82.6 Å². The molecule has 2 aromatic carbocycles. The highest BCUT2D eigenvalue weighted by Gasteiger charge is 2.56. The van der Waals surface area contributed by atoms with Crippen LogP contribution in [0, 0.1) is 17.5 Å². The van der Waals surface area contributed by atoms with Crippen LogP contribution in [0.15, 0.2) is 42.6 Å². The zero-order chi connectivity index (χ0) is 34.7. The Morgan fingerprint density at radius 1 is 1.00 bits per heavy atom. The van der Waals surface area contributed by atoms with Crippen LogP contribution in [0.5, 0.6) is 0 Å². The van der Waals surface area contributed by atoms with Gasteiger partial charge in [-0.3, -0.25) is 0 Å². The molecule has 2 fully saturated rings. The summed E-state index contributed by atoms with van der Waals surface area (Å²) in [5.74, 6) is -4.66. The minimum atomic E-state index is -4.81. The van der Waals surface area contributed by atoms with Crippen molar-refractivity contribution in [2.24, 2.45) is 0 Å². The van der Waals surface area contributed by atoms with Crippen LogP contribution in [0.25, 0.3) is 11.3 Å². The molecular formula is C31H35F6N3O6S. The fourth-order valence-corrected chi connectivity index (χ4v) is 8.47. The summed E-state index contributed by atoms with van der Waals surface area (Å²) in [5, 5.41) is 51.4. The maximum Gasteiger partial charge on any atom is 0.416 e. The average Bonchev–Trinajstić information content (AvgIpc) is 3.43. The number of nitrogens with zero attached hydrogens (tertiary/aromatic N) is 3. The number of rotatable bonds is 7. The highest BCUT2D eigenvalue weighted by Crippen LogP contribution is 2.55. The number of halogens is 6. The minimum absolute atomic E-state index is 0.0944. The van der Waals surface area contributed by atoms with Crippen LogP contribution < -0.4 is 0 Å². The molecule has 3 aromatic rings. The third-order valence-corrected chi connectivity index (χ3v) is 9.89. The fraction of sp³-hybridized carbons (Fsp3) is 0.548. The topological polar surface area (TPSA) is 130 Å². The van der Waals surface area contributed by atoms with Crippen molar-refractivity contribution in [1.82, 2.24) is 15.0 Å². The summed E-state index contributed by atoms with van der Waals surface area (Å²) in [4.78, 5) is 0. The number of benzene rings is 2. The van der Waals surface area contributed by atoms with Crippen molar-refractivity contribution in [2.45, 2.75) is 98.6 Å². The molecule has 2 saturated heterocycles. The van der Waals surface area contributed by atoms with Crippen LogP contribution in [0.3, 0.4) is 0 Å². The van der Waals surface area contributed by atoms with Crippen molar-refractivity contribution in [3.8, 4) is 11.3 Å². The minimum Gasteiger partial charge on any atom is -0.394 e. The number of hydrogen-bond acceptors (Lipinski definition) is 9. The lowest BCUT2D eigenvalue weighted by Gasteiger charge is -2.53. The lowest BCUT2D eigenvalue weighted by Crippen LogP contribution is -2.58. The van der Waals surface area contributed by atoms with Crippen molar-refractivity contribution in [3.63, 3.8) is 0 Å². The molecule has 0 unspecified atom stereocenters. The van der Waals surface area contributed by atoms with E-state index >= 15 is 0 Å².